The van der Waals surface area contributed by atoms with Crippen molar-refractivity contribution < 1.29 is 4.79 Å². The van der Waals surface area contributed by atoms with E-state index in [9.17, 15) is 4.79 Å². The lowest BCUT2D eigenvalue weighted by Crippen LogP contribution is -2.51. The van der Waals surface area contributed by atoms with E-state index in [2.05, 4.69) is 20.5 Å². The molecule has 4 fully saturated rings. The number of amides is 1. The van der Waals surface area contributed by atoms with E-state index in [1.165, 1.54) is 38.5 Å². The first kappa shape index (κ1) is 18.1. The van der Waals surface area contributed by atoms with E-state index in [1.807, 2.05) is 30.9 Å². The largest absolute Gasteiger partial charge is 0.350 e. The Hall–Kier alpha value is -2.70. The molecule has 156 valence electrons. The van der Waals surface area contributed by atoms with Crippen LogP contribution >= 0.6 is 0 Å². The fraction of sp³-hybridized carbons (Fsp3) is 0.565. The predicted octanol–water partition coefficient (Wildman–Crippen LogP) is 3.38. The Morgan fingerprint density at radius 1 is 1.20 bits per heavy atom. The predicted molar refractivity (Wildman–Crippen MR) is 113 cm³/mol. The van der Waals surface area contributed by atoms with E-state index < -0.39 is 0 Å². The van der Waals surface area contributed by atoms with Crippen molar-refractivity contribution in [1.29, 1.82) is 0 Å². The van der Waals surface area contributed by atoms with Crippen LogP contribution in [-0.4, -0.2) is 36.8 Å². The Morgan fingerprint density at radius 2 is 1.90 bits per heavy atom. The first-order chi connectivity index (χ1) is 14.5. The van der Waals surface area contributed by atoms with E-state index in [4.69, 9.17) is 0 Å². The minimum atomic E-state index is -0.0925. The van der Waals surface area contributed by atoms with Gasteiger partial charge in [-0.25, -0.2) is 9.50 Å². The summed E-state index contributed by atoms with van der Waals surface area (Å²) < 4.78 is 3.59. The fourth-order valence-electron chi connectivity index (χ4n) is 6.83. The number of aryl methyl sites for hydroxylation is 1. The second-order valence-corrected chi connectivity index (χ2v) is 10.00. The van der Waals surface area contributed by atoms with Crippen molar-refractivity contribution in [2.24, 2.45) is 30.2 Å². The zero-order valence-electron chi connectivity index (χ0n) is 17.6. The number of nitrogens with zero attached hydrogens (tertiary/aromatic N) is 5. The van der Waals surface area contributed by atoms with Gasteiger partial charge >= 0.3 is 0 Å². The lowest BCUT2D eigenvalue weighted by Gasteiger charge is -2.56. The van der Waals surface area contributed by atoms with Gasteiger partial charge in [-0.3, -0.25) is 9.48 Å². The van der Waals surface area contributed by atoms with Gasteiger partial charge in [0.2, 0.25) is 0 Å². The molecule has 4 aliphatic rings. The van der Waals surface area contributed by atoms with Crippen LogP contribution in [-0.2, 0) is 7.05 Å². The molecule has 3 heterocycles. The molecular formula is C23H28N6O. The summed E-state index contributed by atoms with van der Waals surface area (Å²) in [6.45, 7) is 2.81. The highest BCUT2D eigenvalue weighted by atomic mass is 16.1. The minimum absolute atomic E-state index is 0.0925. The summed E-state index contributed by atoms with van der Waals surface area (Å²) in [5, 5.41) is 12.2. The number of hydrogen-bond donors (Lipinski definition) is 1. The van der Waals surface area contributed by atoms with Crippen LogP contribution in [0, 0.1) is 30.1 Å². The summed E-state index contributed by atoms with van der Waals surface area (Å²) >= 11 is 0. The van der Waals surface area contributed by atoms with Crippen LogP contribution in [0.4, 0.5) is 0 Å². The molecule has 0 atom stereocenters. The number of carbonyl (C=O) groups excluding carboxylic acids is 1. The molecule has 4 aliphatic carbocycles. The van der Waals surface area contributed by atoms with E-state index in [-0.39, 0.29) is 5.91 Å². The lowest BCUT2D eigenvalue weighted by molar-refractivity contribution is -0.0503. The fourth-order valence-corrected chi connectivity index (χ4v) is 6.83. The van der Waals surface area contributed by atoms with Gasteiger partial charge in [-0.05, 0) is 74.7 Å². The highest BCUT2D eigenvalue weighted by Gasteiger charge is 2.50. The Morgan fingerprint density at radius 3 is 2.53 bits per heavy atom. The van der Waals surface area contributed by atoms with Crippen molar-refractivity contribution in [3.05, 3.63) is 35.9 Å². The average molecular weight is 405 g/mol. The van der Waals surface area contributed by atoms with Gasteiger partial charge in [0, 0.05) is 37.1 Å². The Labute approximate surface area is 175 Å². The summed E-state index contributed by atoms with van der Waals surface area (Å²) in [6.07, 6.45) is 11.7. The van der Waals surface area contributed by atoms with E-state index in [1.54, 1.807) is 16.8 Å². The molecule has 1 N–H and O–H groups in total. The Bertz CT molecular complexity index is 1110. The van der Waals surface area contributed by atoms with Gasteiger partial charge in [0.1, 0.15) is 0 Å². The van der Waals surface area contributed by atoms with Crippen LogP contribution in [0.15, 0.2) is 24.5 Å². The van der Waals surface area contributed by atoms with Crippen LogP contribution in [0.2, 0.25) is 0 Å². The second kappa shape index (κ2) is 6.40. The monoisotopic (exact) mass is 404 g/mol. The molecule has 4 saturated carbocycles. The molecule has 3 aromatic rings. The molecular weight excluding hydrogens is 376 g/mol. The van der Waals surface area contributed by atoms with E-state index in [0.29, 0.717) is 16.8 Å². The van der Waals surface area contributed by atoms with Crippen LogP contribution in [0.25, 0.3) is 16.9 Å². The summed E-state index contributed by atoms with van der Waals surface area (Å²) in [4.78, 5) is 17.4. The smallest absolute Gasteiger partial charge is 0.271 e. The quantitative estimate of drug-likeness (QED) is 0.723. The van der Waals surface area contributed by atoms with Gasteiger partial charge in [-0.15, -0.1) is 0 Å². The number of fused-ring (bicyclic) bond motifs is 1. The molecule has 0 aliphatic heterocycles. The van der Waals surface area contributed by atoms with Gasteiger partial charge < -0.3 is 5.32 Å². The number of rotatable bonds is 4. The minimum Gasteiger partial charge on any atom is -0.350 e. The molecule has 7 nitrogen and oxygen atoms in total. The normalized spacial score (nSPS) is 29.6. The highest BCUT2D eigenvalue weighted by molar-refractivity contribution is 5.93. The molecule has 0 aromatic carbocycles. The van der Waals surface area contributed by atoms with Gasteiger partial charge in [0.15, 0.2) is 11.3 Å². The molecule has 0 saturated heterocycles. The number of carbonyl (C=O) groups is 1. The highest BCUT2D eigenvalue weighted by Crippen LogP contribution is 2.59. The summed E-state index contributed by atoms with van der Waals surface area (Å²) in [6, 6.07) is 3.70. The summed E-state index contributed by atoms with van der Waals surface area (Å²) in [7, 11) is 1.92. The van der Waals surface area contributed by atoms with Crippen LogP contribution < -0.4 is 5.32 Å². The maximum absolute atomic E-state index is 13.0. The van der Waals surface area contributed by atoms with Crippen molar-refractivity contribution >= 4 is 11.6 Å². The van der Waals surface area contributed by atoms with Crippen LogP contribution in [0.3, 0.4) is 0 Å². The molecule has 0 spiro atoms. The molecule has 0 radical (unpaired) electrons. The zero-order valence-corrected chi connectivity index (χ0v) is 17.6. The Balaban J connectivity index is 1.25. The van der Waals surface area contributed by atoms with E-state index in [0.717, 1.165) is 41.2 Å². The van der Waals surface area contributed by atoms with Gasteiger partial charge in [-0.1, -0.05) is 0 Å². The zero-order chi connectivity index (χ0) is 20.5. The molecule has 7 heteroatoms. The third-order valence-corrected chi connectivity index (χ3v) is 7.89. The first-order valence-electron chi connectivity index (χ1n) is 11.1. The third-order valence-electron chi connectivity index (χ3n) is 7.89. The molecule has 1 amide bonds. The van der Waals surface area contributed by atoms with Crippen molar-refractivity contribution in [3.63, 3.8) is 0 Å². The topological polar surface area (TPSA) is 77.1 Å². The van der Waals surface area contributed by atoms with Crippen molar-refractivity contribution in [1.82, 2.24) is 29.7 Å². The molecule has 4 bridgehead atoms. The van der Waals surface area contributed by atoms with Gasteiger partial charge in [0.05, 0.1) is 11.9 Å². The summed E-state index contributed by atoms with van der Waals surface area (Å²) in [5.41, 5.74) is 4.36. The maximum atomic E-state index is 13.0. The van der Waals surface area contributed by atoms with Crippen LogP contribution in [0.5, 0.6) is 0 Å². The number of aromatic nitrogens is 5. The van der Waals surface area contributed by atoms with Crippen molar-refractivity contribution in [2.45, 2.75) is 45.4 Å². The lowest BCUT2D eigenvalue weighted by atomic mass is 9.49. The van der Waals surface area contributed by atoms with Crippen molar-refractivity contribution in [3.8, 4) is 11.3 Å². The SMILES string of the molecule is Cc1c(-c2ccnc3cc(C(=O)NCC45CC6CC(CC(C6)C4)C5)nn23)cnn1C. The number of hydrogen-bond acceptors (Lipinski definition) is 4. The first-order valence-corrected chi connectivity index (χ1v) is 11.1. The van der Waals surface area contributed by atoms with Gasteiger partial charge in [-0.2, -0.15) is 10.2 Å². The number of nitrogens with one attached hydrogen (secondary N) is 1. The maximum Gasteiger partial charge on any atom is 0.271 e. The van der Waals surface area contributed by atoms with Crippen molar-refractivity contribution in [2.75, 3.05) is 6.54 Å². The van der Waals surface area contributed by atoms with E-state index >= 15 is 0 Å². The van der Waals surface area contributed by atoms with Crippen LogP contribution in [0.1, 0.15) is 54.7 Å². The summed E-state index contributed by atoms with van der Waals surface area (Å²) in [5.74, 6) is 2.57. The Kier molecular flexibility index (Phi) is 3.86. The standard InChI is InChI=1S/C23H28N6O/c1-14-18(12-26-28(14)2)20-3-4-24-21-8-19(27-29(20)21)22(30)25-13-23-9-15-5-16(10-23)7-17(6-15)11-23/h3-4,8,12,15-17H,5-7,9-11,13H2,1-2H3,(H,25,30). The third kappa shape index (κ3) is 2.78. The van der Waals surface area contributed by atoms with Gasteiger partial charge in [0.25, 0.3) is 5.91 Å². The average Bonchev–Trinajstić information content (AvgIpc) is 3.29. The molecule has 7 rings (SSSR count). The molecule has 30 heavy (non-hydrogen) atoms. The second-order valence-electron chi connectivity index (χ2n) is 10.00. The molecule has 0 unspecified atom stereocenters. The molecule has 3 aromatic heterocycles.